The number of nitrogens with one attached hydrogen (secondary N) is 1. The summed E-state index contributed by atoms with van der Waals surface area (Å²) < 4.78 is 27.4. The molecule has 0 unspecified atom stereocenters. The van der Waals surface area contributed by atoms with Crippen molar-refractivity contribution in [2.24, 2.45) is 0 Å². The number of hydrogen-bond acceptors (Lipinski definition) is 4. The first-order valence-corrected chi connectivity index (χ1v) is 8.22. The van der Waals surface area contributed by atoms with Crippen LogP contribution in [0.1, 0.15) is 0 Å². The van der Waals surface area contributed by atoms with E-state index >= 15 is 0 Å². The predicted octanol–water partition coefficient (Wildman–Crippen LogP) is 3.53. The number of halogens is 3. The van der Waals surface area contributed by atoms with Crippen molar-refractivity contribution in [3.8, 4) is 0 Å². The highest BCUT2D eigenvalue weighted by atomic mass is 79.9. The van der Waals surface area contributed by atoms with Gasteiger partial charge < -0.3 is 5.73 Å². The van der Waals surface area contributed by atoms with Gasteiger partial charge in [-0.15, -0.1) is 0 Å². The van der Waals surface area contributed by atoms with Gasteiger partial charge in [0, 0.05) is 10.7 Å². The van der Waals surface area contributed by atoms with E-state index in [1.54, 1.807) is 0 Å². The van der Waals surface area contributed by atoms with E-state index in [9.17, 15) is 8.42 Å². The molecule has 2 aromatic rings. The Morgan fingerprint density at radius 1 is 1.25 bits per heavy atom. The van der Waals surface area contributed by atoms with Gasteiger partial charge in [-0.3, -0.25) is 4.72 Å². The molecule has 0 saturated heterocycles. The number of aromatic nitrogens is 1. The van der Waals surface area contributed by atoms with Crippen LogP contribution < -0.4 is 10.5 Å². The Morgan fingerprint density at radius 3 is 2.40 bits per heavy atom. The lowest BCUT2D eigenvalue weighted by molar-refractivity contribution is 0.601. The average Bonchev–Trinajstić information content (AvgIpc) is 2.34. The molecule has 0 spiro atoms. The lowest BCUT2D eigenvalue weighted by Crippen LogP contribution is -2.16. The van der Waals surface area contributed by atoms with Crippen molar-refractivity contribution < 1.29 is 8.42 Å². The monoisotopic (exact) mass is 395 g/mol. The van der Waals surface area contributed by atoms with Crippen LogP contribution in [0.3, 0.4) is 0 Å². The van der Waals surface area contributed by atoms with E-state index in [2.05, 4.69) is 25.6 Å². The third-order valence-corrected chi connectivity index (χ3v) is 4.78. The van der Waals surface area contributed by atoms with Crippen molar-refractivity contribution >= 4 is 60.7 Å². The molecule has 0 aliphatic rings. The van der Waals surface area contributed by atoms with Gasteiger partial charge in [-0.1, -0.05) is 39.1 Å². The van der Waals surface area contributed by atoms with Gasteiger partial charge in [0.15, 0.2) is 0 Å². The van der Waals surface area contributed by atoms with Crippen LogP contribution >= 0.6 is 39.1 Å². The van der Waals surface area contributed by atoms with Gasteiger partial charge in [-0.05, 0) is 24.3 Å². The summed E-state index contributed by atoms with van der Waals surface area (Å²) in [5, 5.41) is 0.325. The number of pyridine rings is 1. The van der Waals surface area contributed by atoms with Crippen LogP contribution in [0.15, 0.2) is 39.8 Å². The van der Waals surface area contributed by atoms with Crippen LogP contribution in [-0.4, -0.2) is 13.4 Å². The minimum Gasteiger partial charge on any atom is -0.383 e. The second kappa shape index (κ2) is 5.77. The molecule has 20 heavy (non-hydrogen) atoms. The number of nitrogens with zero attached hydrogens (tertiary/aromatic N) is 1. The van der Waals surface area contributed by atoms with Crippen LogP contribution in [0.2, 0.25) is 10.0 Å². The summed E-state index contributed by atoms with van der Waals surface area (Å²) in [5.74, 6) is -0.107. The van der Waals surface area contributed by atoms with E-state index in [4.69, 9.17) is 28.9 Å². The molecule has 0 saturated carbocycles. The van der Waals surface area contributed by atoms with Crippen LogP contribution in [0.25, 0.3) is 0 Å². The normalized spacial score (nSPS) is 11.3. The fourth-order valence-electron chi connectivity index (χ4n) is 1.46. The molecule has 1 aromatic carbocycles. The first kappa shape index (κ1) is 15.4. The number of hydrogen-bond donors (Lipinski definition) is 2. The van der Waals surface area contributed by atoms with Gasteiger partial charge in [0.05, 0.1) is 15.7 Å². The molecule has 0 bridgehead atoms. The number of nitrogens with two attached hydrogens (primary N) is 1. The quantitative estimate of drug-likeness (QED) is 0.830. The molecule has 2 rings (SSSR count). The minimum absolute atomic E-state index is 0.0831. The Bertz CT molecular complexity index is 745. The van der Waals surface area contributed by atoms with Crippen LogP contribution in [-0.2, 0) is 10.0 Å². The van der Waals surface area contributed by atoms with E-state index in [1.165, 1.54) is 30.5 Å². The summed E-state index contributed by atoms with van der Waals surface area (Å²) in [6.07, 6.45) is 1.40. The molecule has 0 aliphatic heterocycles. The van der Waals surface area contributed by atoms with Crippen molar-refractivity contribution in [3.05, 3.63) is 45.0 Å². The Labute approximate surface area is 134 Å². The Kier molecular flexibility index (Phi) is 4.43. The van der Waals surface area contributed by atoms with Gasteiger partial charge >= 0.3 is 0 Å². The molecule has 1 heterocycles. The maximum atomic E-state index is 12.3. The number of sulfonamides is 1. The molecule has 0 aliphatic carbocycles. The standard InChI is InChI=1S/C11H8BrCl2N3O2S/c12-6-4-7(13)10(8(14)5-6)17-20(18,19)9-2-1-3-16-11(9)15/h1-5,17H,(H2,15,16). The molecule has 5 nitrogen and oxygen atoms in total. The van der Waals surface area contributed by atoms with E-state index in [0.29, 0.717) is 4.47 Å². The maximum absolute atomic E-state index is 12.3. The molecule has 106 valence electrons. The smallest absolute Gasteiger partial charge is 0.265 e. The SMILES string of the molecule is Nc1ncccc1S(=O)(=O)Nc1c(Cl)cc(Br)cc1Cl. The van der Waals surface area contributed by atoms with Crippen molar-refractivity contribution in [2.75, 3.05) is 10.5 Å². The fourth-order valence-corrected chi connectivity index (χ4v) is 4.06. The molecule has 1 aromatic heterocycles. The summed E-state index contributed by atoms with van der Waals surface area (Å²) >= 11 is 15.2. The maximum Gasteiger partial charge on any atom is 0.265 e. The Hall–Kier alpha value is -1.02. The largest absolute Gasteiger partial charge is 0.383 e. The van der Waals surface area contributed by atoms with E-state index in [1.807, 2.05) is 0 Å². The van der Waals surface area contributed by atoms with Gasteiger partial charge in [0.25, 0.3) is 10.0 Å². The zero-order chi connectivity index (χ0) is 14.9. The van der Waals surface area contributed by atoms with Crippen LogP contribution in [0.4, 0.5) is 11.5 Å². The number of anilines is 2. The Morgan fingerprint density at radius 2 is 1.85 bits per heavy atom. The summed E-state index contributed by atoms with van der Waals surface area (Å²) in [4.78, 5) is 3.59. The highest BCUT2D eigenvalue weighted by Gasteiger charge is 2.21. The zero-order valence-electron chi connectivity index (χ0n) is 9.77. The summed E-state index contributed by atoms with van der Waals surface area (Å²) in [6.45, 7) is 0. The van der Waals surface area contributed by atoms with Gasteiger partial charge in [-0.25, -0.2) is 13.4 Å². The number of rotatable bonds is 3. The second-order valence-corrected chi connectivity index (χ2v) is 7.12. The zero-order valence-corrected chi connectivity index (χ0v) is 13.7. The minimum atomic E-state index is -3.92. The lowest BCUT2D eigenvalue weighted by atomic mass is 10.3. The van der Waals surface area contributed by atoms with Crippen molar-refractivity contribution in [2.45, 2.75) is 4.90 Å². The van der Waals surface area contributed by atoms with Gasteiger partial charge in [0.2, 0.25) is 0 Å². The van der Waals surface area contributed by atoms with Crippen LogP contribution in [0.5, 0.6) is 0 Å². The van der Waals surface area contributed by atoms with Crippen molar-refractivity contribution in [3.63, 3.8) is 0 Å². The highest BCUT2D eigenvalue weighted by molar-refractivity contribution is 9.10. The molecule has 0 radical (unpaired) electrons. The average molecular weight is 397 g/mol. The van der Waals surface area contributed by atoms with Gasteiger partial charge in [0.1, 0.15) is 10.7 Å². The number of nitrogen functional groups attached to an aromatic ring is 1. The van der Waals surface area contributed by atoms with E-state index in [-0.39, 0.29) is 26.4 Å². The van der Waals surface area contributed by atoms with E-state index in [0.717, 1.165) is 0 Å². The first-order chi connectivity index (χ1) is 9.31. The molecular formula is C11H8BrCl2N3O2S. The Balaban J connectivity index is 2.47. The molecule has 0 atom stereocenters. The molecule has 0 fully saturated rings. The summed E-state index contributed by atoms with van der Waals surface area (Å²) in [6, 6.07) is 5.86. The first-order valence-electron chi connectivity index (χ1n) is 5.19. The predicted molar refractivity (Wildman–Crippen MR) is 83.6 cm³/mol. The summed E-state index contributed by atoms with van der Waals surface area (Å²) in [7, 11) is -3.92. The molecule has 9 heteroatoms. The molecule has 0 amide bonds. The van der Waals surface area contributed by atoms with Crippen LogP contribution in [0, 0.1) is 0 Å². The third kappa shape index (κ3) is 3.17. The van der Waals surface area contributed by atoms with Crippen molar-refractivity contribution in [1.82, 2.24) is 4.98 Å². The molecule has 3 N–H and O–H groups in total. The lowest BCUT2D eigenvalue weighted by Gasteiger charge is -2.12. The topological polar surface area (TPSA) is 85.1 Å². The second-order valence-electron chi connectivity index (χ2n) is 3.74. The molecular weight excluding hydrogens is 389 g/mol. The summed E-state index contributed by atoms with van der Waals surface area (Å²) in [5.41, 5.74) is 5.64. The highest BCUT2D eigenvalue weighted by Crippen LogP contribution is 2.35. The van der Waals surface area contributed by atoms with Crippen molar-refractivity contribution in [1.29, 1.82) is 0 Å². The van der Waals surface area contributed by atoms with E-state index < -0.39 is 10.0 Å². The van der Waals surface area contributed by atoms with Gasteiger partial charge in [-0.2, -0.15) is 0 Å². The number of benzene rings is 1. The fraction of sp³-hybridized carbons (Fsp3) is 0. The third-order valence-electron chi connectivity index (χ3n) is 2.33.